The fourth-order valence-corrected chi connectivity index (χ4v) is 11.9. The van der Waals surface area contributed by atoms with E-state index in [1.54, 1.807) is 30.3 Å². The minimum atomic E-state index is -1.52. The van der Waals surface area contributed by atoms with E-state index >= 15 is 0 Å². The fourth-order valence-electron chi connectivity index (χ4n) is 11.9. The molecule has 0 aliphatic carbocycles. The lowest BCUT2D eigenvalue weighted by atomic mass is 9.82. The smallest absolute Gasteiger partial charge is 0.303 e. The second-order valence-corrected chi connectivity index (χ2v) is 26.3. The zero-order valence-electron chi connectivity index (χ0n) is 66.4. The van der Waals surface area contributed by atoms with Gasteiger partial charge in [0, 0.05) is 128 Å². The maximum Gasteiger partial charge on any atom is 0.303 e. The second kappa shape index (κ2) is 51.3. The van der Waals surface area contributed by atoms with Gasteiger partial charge >= 0.3 is 71.6 Å². The van der Waals surface area contributed by atoms with Crippen molar-refractivity contribution in [1.29, 1.82) is 0 Å². The van der Waals surface area contributed by atoms with Crippen molar-refractivity contribution in [2.24, 2.45) is 5.73 Å². The molecule has 3 heterocycles. The maximum atomic E-state index is 14.4. The molecule has 1 aromatic rings. The number of hydrogen-bond acceptors (Lipinski definition) is 38. The molecule has 0 bridgehead atoms. The Bertz CT molecular complexity index is 3090. The van der Waals surface area contributed by atoms with Crippen molar-refractivity contribution in [2.45, 2.75) is 232 Å². The highest BCUT2D eigenvalue weighted by atomic mass is 16.8. The predicted molar refractivity (Wildman–Crippen MR) is 382 cm³/mol. The van der Waals surface area contributed by atoms with E-state index in [0.29, 0.717) is 5.56 Å². The number of benzene rings is 1. The quantitative estimate of drug-likeness (QED) is 0.0280. The fraction of sp³-hybridized carbons (Fsp3) is 0.699. The lowest BCUT2D eigenvalue weighted by molar-refractivity contribution is -0.309. The van der Waals surface area contributed by atoms with Crippen LogP contribution in [0.2, 0.25) is 0 Å². The highest BCUT2D eigenvalue weighted by Gasteiger charge is 2.56. The largest absolute Gasteiger partial charge is 0.463 e. The molecule has 0 aromatic heterocycles. The van der Waals surface area contributed by atoms with Gasteiger partial charge in [0.05, 0.1) is 65.5 Å². The van der Waals surface area contributed by atoms with E-state index in [0.717, 1.165) is 83.1 Å². The van der Waals surface area contributed by atoms with Crippen LogP contribution in [-0.4, -0.2) is 298 Å². The van der Waals surface area contributed by atoms with Crippen molar-refractivity contribution < 1.29 is 176 Å². The van der Waals surface area contributed by atoms with Crippen LogP contribution in [0, 0.1) is 0 Å². The molecule has 1 aromatic carbocycles. The van der Waals surface area contributed by atoms with Crippen molar-refractivity contribution >= 4 is 95.3 Å². The molecule has 0 saturated carbocycles. The van der Waals surface area contributed by atoms with E-state index in [4.69, 9.17) is 105 Å². The second-order valence-electron chi connectivity index (χ2n) is 26.3. The number of ether oxygens (including phenoxy) is 21. The minimum Gasteiger partial charge on any atom is -0.463 e. The Morgan fingerprint density at radius 3 is 0.870 bits per heavy atom. The van der Waals surface area contributed by atoms with E-state index in [2.05, 4.69) is 21.3 Å². The number of carbonyl (C=O) groups excluding carboxylic acids is 16. The van der Waals surface area contributed by atoms with Crippen LogP contribution in [0.1, 0.15) is 127 Å². The van der Waals surface area contributed by atoms with Gasteiger partial charge < -0.3 is 126 Å². The third-order valence-electron chi connectivity index (χ3n) is 16.6. The van der Waals surface area contributed by atoms with Gasteiger partial charge in [-0.2, -0.15) is 0 Å². The summed E-state index contributed by atoms with van der Waals surface area (Å²) in [5, 5.41) is 11.2. The van der Waals surface area contributed by atoms with Gasteiger partial charge in [-0.1, -0.05) is 30.3 Å². The third-order valence-corrected chi connectivity index (χ3v) is 16.6. The summed E-state index contributed by atoms with van der Waals surface area (Å²) in [6.45, 7) is 9.46. The first kappa shape index (κ1) is 97.7. The van der Waals surface area contributed by atoms with Crippen LogP contribution in [0.4, 0.5) is 0 Å². The molecule has 3 aliphatic rings. The summed E-state index contributed by atoms with van der Waals surface area (Å²) in [6, 6.07) is 7.61. The van der Waals surface area contributed by atoms with Gasteiger partial charge in [-0.3, -0.25) is 76.7 Å². The molecule has 3 fully saturated rings. The molecule has 42 heteroatoms. The molecule has 42 nitrogen and oxygen atoms in total. The number of nitrogens with one attached hydrogen (secondary N) is 4. The first-order valence-corrected chi connectivity index (χ1v) is 36.9. The molecular formula is C73H107N5O37. The lowest BCUT2D eigenvalue weighted by Crippen LogP contribution is -2.63. The first-order chi connectivity index (χ1) is 54.5. The van der Waals surface area contributed by atoms with Crippen molar-refractivity contribution in [2.75, 3.05) is 98.9 Å². The average molecular weight is 1650 g/mol. The summed E-state index contributed by atoms with van der Waals surface area (Å²) in [4.78, 5) is 202. The summed E-state index contributed by atoms with van der Waals surface area (Å²) < 4.78 is 117. The summed E-state index contributed by atoms with van der Waals surface area (Å²) in [7, 11) is 0. The summed E-state index contributed by atoms with van der Waals surface area (Å²) >= 11 is 0. The summed E-state index contributed by atoms with van der Waals surface area (Å²) in [5.74, 6) is -12.2. The van der Waals surface area contributed by atoms with Crippen LogP contribution in [0.15, 0.2) is 30.3 Å². The van der Waals surface area contributed by atoms with E-state index in [9.17, 15) is 76.7 Å². The Labute approximate surface area is 662 Å². The van der Waals surface area contributed by atoms with E-state index in [-0.39, 0.29) is 124 Å². The predicted octanol–water partition coefficient (Wildman–Crippen LogP) is -1.55. The van der Waals surface area contributed by atoms with Crippen molar-refractivity contribution in [1.82, 2.24) is 21.3 Å². The van der Waals surface area contributed by atoms with Crippen molar-refractivity contribution in [3.63, 3.8) is 0 Å². The van der Waals surface area contributed by atoms with Crippen molar-refractivity contribution in [3.8, 4) is 0 Å². The number of rotatable bonds is 49. The molecule has 0 radical (unpaired) electrons. The van der Waals surface area contributed by atoms with Gasteiger partial charge in [0.25, 0.3) is 0 Å². The highest BCUT2D eigenvalue weighted by molar-refractivity contribution is 5.84. The van der Waals surface area contributed by atoms with Crippen LogP contribution in [-0.2, 0) is 183 Å². The van der Waals surface area contributed by atoms with Crippen LogP contribution in [0.25, 0.3) is 0 Å². The van der Waals surface area contributed by atoms with E-state index in [1.807, 2.05) is 0 Å². The van der Waals surface area contributed by atoms with Gasteiger partial charge in [-0.25, -0.2) is 0 Å². The topological polar surface area (TPSA) is 541 Å². The molecule has 16 atom stereocenters. The van der Waals surface area contributed by atoms with Crippen molar-refractivity contribution in [3.05, 3.63) is 35.9 Å². The average Bonchev–Trinajstić information content (AvgIpc) is 0.803. The van der Waals surface area contributed by atoms with Crippen LogP contribution in [0.5, 0.6) is 0 Å². The lowest BCUT2D eigenvalue weighted by Gasteiger charge is -2.44. The molecule has 3 aliphatic heterocycles. The van der Waals surface area contributed by atoms with Gasteiger partial charge in [-0.05, 0) is 31.2 Å². The highest BCUT2D eigenvalue weighted by Crippen LogP contribution is 2.34. The molecule has 3 saturated heterocycles. The monoisotopic (exact) mass is 1650 g/mol. The standard InChI is InChI=1S/C73H107N5O37/c1-40(79)101-37-54-60(104-43(4)82)63(107-46(7)85)66(110-49(10)88)70(113-54)98-33-30-95-27-24-75-57(91)18-21-73(78-69(94)53(74)36-52-16-14-13-15-17-52,22-19-58(92)76-25-28-96-31-34-99-71-67(111-50(11)89)64(108-47(8)86)61(105-44(5)83)55(114-71)38-102-41(2)80)23-20-59(93)77-26-29-97-32-35-100-72-68(112-51(12)90)65(109-48(9)87)62(106-45(6)84)56(115-72)39-103-42(3)81/h13-17,53-56,60-68,70-72H,18-39,74H2,1-12H3,(H,75,91)(H,76,92)(H,77,93)(H,78,94)/t53-,54+,55+,56+,60+,61+,62+,63-,64-,65-,66-,67-,68-,70-,71-,72-/m0/s1. The van der Waals surface area contributed by atoms with Gasteiger partial charge in [0.15, 0.2) is 73.8 Å². The Morgan fingerprint density at radius 1 is 0.348 bits per heavy atom. The molecule has 646 valence electrons. The number of esters is 12. The molecule has 115 heavy (non-hydrogen) atoms. The minimum absolute atomic E-state index is 0.0541. The zero-order chi connectivity index (χ0) is 85.3. The van der Waals surface area contributed by atoms with E-state index in [1.165, 1.54) is 0 Å². The van der Waals surface area contributed by atoms with Crippen LogP contribution < -0.4 is 27.0 Å². The van der Waals surface area contributed by atoms with Crippen LogP contribution >= 0.6 is 0 Å². The number of nitrogens with two attached hydrogens (primary N) is 1. The number of carbonyl (C=O) groups is 16. The first-order valence-electron chi connectivity index (χ1n) is 36.9. The Morgan fingerprint density at radius 2 is 0.609 bits per heavy atom. The van der Waals surface area contributed by atoms with Gasteiger partial charge in [-0.15, -0.1) is 0 Å². The molecule has 4 amide bonds. The van der Waals surface area contributed by atoms with E-state index < -0.39 is 219 Å². The summed E-state index contributed by atoms with van der Waals surface area (Å²) in [6.07, 6.45) is -23.0. The van der Waals surface area contributed by atoms with Crippen LogP contribution in [0.3, 0.4) is 0 Å². The molecule has 0 spiro atoms. The Hall–Kier alpha value is -9.66. The third kappa shape index (κ3) is 37.7. The molecule has 0 unspecified atom stereocenters. The maximum absolute atomic E-state index is 14.4. The molecule has 4 rings (SSSR count). The Kier molecular flexibility index (Phi) is 43.6. The Balaban J connectivity index is 1.51. The molecular weight excluding hydrogens is 1540 g/mol. The zero-order valence-corrected chi connectivity index (χ0v) is 66.4. The normalized spacial score (nSPS) is 23.3. The number of hydrogen-bond donors (Lipinski definition) is 5. The molecule has 6 N–H and O–H groups in total. The van der Waals surface area contributed by atoms with Gasteiger partial charge in [0.2, 0.25) is 23.6 Å². The summed E-state index contributed by atoms with van der Waals surface area (Å²) in [5.41, 5.74) is 5.72. The van der Waals surface area contributed by atoms with Gasteiger partial charge in [0.1, 0.15) is 38.1 Å². The SMILES string of the molecule is CC(=O)OC[C@H]1O[C@H](OCCOCCNC(=O)CCC(CCC(=O)NCCOCCO[C@H]2O[C@H](COC(C)=O)[C@@H](OC(C)=O)[C@H](OC(C)=O)[C@@H]2OC(C)=O)(CCC(=O)NCCOCCO[C@H]2O[C@H](COC(C)=O)[C@@H](OC(C)=O)[C@H](OC(C)=O)[C@@H]2OC(C)=O)NC(=O)[C@@H](N)Cc2ccccc2)[C@@H](OC(C)=O)[C@@H](OC(C)=O)[C@@H]1OC(C)=O. The number of amides is 4.